The van der Waals surface area contributed by atoms with E-state index in [0.717, 1.165) is 35.1 Å². The number of carbonyl (C=O) groups excluding carboxylic acids is 2. The summed E-state index contributed by atoms with van der Waals surface area (Å²) in [6.45, 7) is 14.1. The van der Waals surface area contributed by atoms with Crippen molar-refractivity contribution >= 4 is 43.2 Å². The number of nitrogens with one attached hydrogen (secondary N) is 2. The fourth-order valence-electron chi connectivity index (χ4n) is 7.81. The predicted octanol–water partition coefficient (Wildman–Crippen LogP) is 7.81. The van der Waals surface area contributed by atoms with Crippen LogP contribution in [0.15, 0.2) is 94.7 Å². The Bertz CT molecular complexity index is 2080. The van der Waals surface area contributed by atoms with E-state index in [0.29, 0.717) is 72.4 Å². The van der Waals surface area contributed by atoms with Gasteiger partial charge in [0.15, 0.2) is 0 Å². The van der Waals surface area contributed by atoms with Crippen LogP contribution in [0.3, 0.4) is 0 Å². The largest absolute Gasteiger partial charge is 0.322 e. The summed E-state index contributed by atoms with van der Waals surface area (Å²) in [7, 11) is -7.29. The maximum Gasteiger partial charge on any atom is 0.255 e. The van der Waals surface area contributed by atoms with E-state index in [1.54, 1.807) is 32.9 Å². The van der Waals surface area contributed by atoms with Crippen molar-refractivity contribution < 1.29 is 26.4 Å². The molecule has 0 aromatic heterocycles. The molecule has 0 spiro atoms. The zero-order valence-corrected chi connectivity index (χ0v) is 33.4. The molecule has 4 aromatic rings. The number of carbonyl (C=O) groups is 2. The molecule has 2 fully saturated rings. The van der Waals surface area contributed by atoms with Gasteiger partial charge in [0.25, 0.3) is 11.8 Å². The van der Waals surface area contributed by atoms with Crippen molar-refractivity contribution in [2.75, 3.05) is 36.8 Å². The number of piperidine rings is 2. The summed E-state index contributed by atoms with van der Waals surface area (Å²) in [4.78, 5) is 26.7. The molecule has 12 heteroatoms. The number of hydrogen-bond donors (Lipinski definition) is 2. The number of nitrogens with zero attached hydrogens (tertiary/aromatic N) is 2. The Hall–Kier alpha value is -4.36. The minimum absolute atomic E-state index is 0.182. The van der Waals surface area contributed by atoms with E-state index in [-0.39, 0.29) is 21.6 Å². The average Bonchev–Trinajstić information content (AvgIpc) is 3.12. The maximum atomic E-state index is 13.3. The highest BCUT2D eigenvalue weighted by Crippen LogP contribution is 2.31. The van der Waals surface area contributed by atoms with Gasteiger partial charge in [-0.15, -0.1) is 0 Å². The zero-order valence-electron chi connectivity index (χ0n) is 31.8. The molecule has 0 radical (unpaired) electrons. The molecule has 6 rings (SSSR count). The lowest BCUT2D eigenvalue weighted by atomic mass is 9.94. The third-order valence-corrected chi connectivity index (χ3v) is 14.2. The van der Waals surface area contributed by atoms with Gasteiger partial charge < -0.3 is 10.6 Å². The summed E-state index contributed by atoms with van der Waals surface area (Å²) < 4.78 is 56.2. The standard InChI is InChI=1S/C42H50N4O6S2/c1-27-19-28(2)24-45(23-27)53(49,50)37-13-7-33(8-14-37)41(47)43-39-17-11-35(21-31(39)5)36-12-18-40(32(6)22-36)44-42(48)34-9-15-38(16-10-34)54(51,52)46-25-29(3)20-30(4)26-46/h7-18,21-22,27-30H,19-20,23-26H2,1-6H3,(H,43,47)(H,44,48)/t27-,28+,29-,30+. The summed E-state index contributed by atoms with van der Waals surface area (Å²) in [6.07, 6.45) is 2.01. The molecule has 2 amide bonds. The monoisotopic (exact) mass is 770 g/mol. The number of anilines is 2. The molecule has 10 nitrogen and oxygen atoms in total. The molecule has 0 aliphatic carbocycles. The first-order valence-electron chi connectivity index (χ1n) is 18.6. The van der Waals surface area contributed by atoms with Crippen LogP contribution in [-0.2, 0) is 20.0 Å². The van der Waals surface area contributed by atoms with Gasteiger partial charge in [-0.2, -0.15) is 8.61 Å². The predicted molar refractivity (Wildman–Crippen MR) is 214 cm³/mol. The molecule has 2 heterocycles. The second-order valence-corrected chi connectivity index (χ2v) is 19.4. The van der Waals surface area contributed by atoms with E-state index in [2.05, 4.69) is 38.3 Å². The normalized spacial score (nSPS) is 21.4. The Kier molecular flexibility index (Phi) is 11.5. The molecule has 4 aromatic carbocycles. The van der Waals surface area contributed by atoms with Gasteiger partial charge in [0.2, 0.25) is 20.0 Å². The fourth-order valence-corrected chi connectivity index (χ4v) is 11.2. The van der Waals surface area contributed by atoms with Crippen LogP contribution in [0.4, 0.5) is 11.4 Å². The molecule has 2 saturated heterocycles. The highest BCUT2D eigenvalue weighted by atomic mass is 32.2. The van der Waals surface area contributed by atoms with Crippen LogP contribution in [0.5, 0.6) is 0 Å². The smallest absolute Gasteiger partial charge is 0.255 e. The molecule has 54 heavy (non-hydrogen) atoms. The van der Waals surface area contributed by atoms with Gasteiger partial charge in [0.05, 0.1) is 9.79 Å². The Labute approximate surface area is 320 Å². The summed E-state index contributed by atoms with van der Waals surface area (Å²) in [5.41, 5.74) is 5.53. The second-order valence-electron chi connectivity index (χ2n) is 15.6. The lowest BCUT2D eigenvalue weighted by Gasteiger charge is -2.34. The second kappa shape index (κ2) is 15.8. The third-order valence-electron chi connectivity index (χ3n) is 10.5. The number of benzene rings is 4. The molecule has 2 N–H and O–H groups in total. The molecule has 0 unspecified atom stereocenters. The summed E-state index contributed by atoms with van der Waals surface area (Å²) in [6, 6.07) is 23.6. The first-order chi connectivity index (χ1) is 25.5. The van der Waals surface area contributed by atoms with Crippen LogP contribution in [0, 0.1) is 37.5 Å². The number of aryl methyl sites for hydroxylation is 2. The van der Waals surface area contributed by atoms with E-state index < -0.39 is 20.0 Å². The molecule has 286 valence electrons. The van der Waals surface area contributed by atoms with Gasteiger partial charge in [0, 0.05) is 48.7 Å². The van der Waals surface area contributed by atoms with Crippen LogP contribution in [0.1, 0.15) is 72.4 Å². The zero-order chi connectivity index (χ0) is 38.9. The summed E-state index contributed by atoms with van der Waals surface area (Å²) in [5.74, 6) is 0.503. The van der Waals surface area contributed by atoms with E-state index in [9.17, 15) is 26.4 Å². The van der Waals surface area contributed by atoms with Crippen molar-refractivity contribution in [2.24, 2.45) is 23.7 Å². The van der Waals surface area contributed by atoms with Crippen molar-refractivity contribution in [1.82, 2.24) is 8.61 Å². The van der Waals surface area contributed by atoms with Crippen LogP contribution >= 0.6 is 0 Å². The van der Waals surface area contributed by atoms with Crippen molar-refractivity contribution in [3.8, 4) is 11.1 Å². The van der Waals surface area contributed by atoms with Crippen molar-refractivity contribution in [1.29, 1.82) is 0 Å². The topological polar surface area (TPSA) is 133 Å². The van der Waals surface area contributed by atoms with Gasteiger partial charge in [-0.1, -0.05) is 39.8 Å². The molecular formula is C42H50N4O6S2. The highest BCUT2D eigenvalue weighted by Gasteiger charge is 2.33. The van der Waals surface area contributed by atoms with Gasteiger partial charge in [-0.05, 0) is 145 Å². The lowest BCUT2D eigenvalue weighted by molar-refractivity contribution is 0.101. The Morgan fingerprint density at radius 3 is 1.13 bits per heavy atom. The minimum atomic E-state index is -3.64. The van der Waals surface area contributed by atoms with E-state index in [1.807, 2.05) is 50.2 Å². The molecular weight excluding hydrogens is 721 g/mol. The Morgan fingerprint density at radius 2 is 0.833 bits per heavy atom. The van der Waals surface area contributed by atoms with Gasteiger partial charge in [-0.3, -0.25) is 9.59 Å². The minimum Gasteiger partial charge on any atom is -0.322 e. The molecule has 2 aliphatic heterocycles. The Morgan fingerprint density at radius 1 is 0.519 bits per heavy atom. The van der Waals surface area contributed by atoms with Crippen LogP contribution in [0.2, 0.25) is 0 Å². The first-order valence-corrected chi connectivity index (χ1v) is 21.4. The van der Waals surface area contributed by atoms with Gasteiger partial charge in [0.1, 0.15) is 0 Å². The van der Waals surface area contributed by atoms with Gasteiger partial charge in [-0.25, -0.2) is 16.8 Å². The van der Waals surface area contributed by atoms with Crippen molar-refractivity contribution in [2.45, 2.75) is 64.2 Å². The molecule has 0 saturated carbocycles. The highest BCUT2D eigenvalue weighted by molar-refractivity contribution is 7.89. The third kappa shape index (κ3) is 8.62. The SMILES string of the molecule is Cc1cc(-c2ccc(NC(=O)c3ccc(S(=O)(=O)N4C[C@H](C)C[C@H](C)C4)cc3)c(C)c2)ccc1NC(=O)c1ccc(S(=O)(=O)N2C[C@H](C)C[C@H](C)C2)cc1. The maximum absolute atomic E-state index is 13.3. The van der Waals surface area contributed by atoms with Crippen molar-refractivity contribution in [3.63, 3.8) is 0 Å². The average molecular weight is 771 g/mol. The number of amides is 2. The molecule has 4 atom stereocenters. The Balaban J connectivity index is 1.08. The number of hydrogen-bond acceptors (Lipinski definition) is 6. The number of rotatable bonds is 9. The summed E-state index contributed by atoms with van der Waals surface area (Å²) in [5, 5.41) is 5.89. The van der Waals surface area contributed by atoms with Crippen molar-refractivity contribution in [3.05, 3.63) is 107 Å². The first kappa shape index (κ1) is 39.3. The number of sulfonamides is 2. The summed E-state index contributed by atoms with van der Waals surface area (Å²) >= 11 is 0. The quantitative estimate of drug-likeness (QED) is 0.179. The van der Waals surface area contributed by atoms with Crippen LogP contribution in [0.25, 0.3) is 11.1 Å². The lowest BCUT2D eigenvalue weighted by Crippen LogP contribution is -2.42. The van der Waals surface area contributed by atoms with Crippen LogP contribution < -0.4 is 10.6 Å². The molecule has 0 bridgehead atoms. The molecule has 2 aliphatic rings. The van der Waals surface area contributed by atoms with E-state index >= 15 is 0 Å². The van der Waals surface area contributed by atoms with Gasteiger partial charge >= 0.3 is 0 Å². The fraction of sp³-hybridized carbons (Fsp3) is 0.381. The van der Waals surface area contributed by atoms with Crippen LogP contribution in [-0.4, -0.2) is 63.4 Å². The van der Waals surface area contributed by atoms with E-state index in [4.69, 9.17) is 0 Å². The van der Waals surface area contributed by atoms with E-state index in [1.165, 1.54) is 24.3 Å².